The third-order valence-corrected chi connectivity index (χ3v) is 5.10. The topological polar surface area (TPSA) is 125 Å². The molecule has 0 bridgehead atoms. The number of sulfonamides is 1. The zero-order valence-corrected chi connectivity index (χ0v) is 15.9. The van der Waals surface area contributed by atoms with Crippen molar-refractivity contribution in [3.63, 3.8) is 0 Å². The molecule has 2 N–H and O–H groups in total. The fourth-order valence-corrected chi connectivity index (χ4v) is 3.14. The Morgan fingerprint density at radius 2 is 1.75 bits per heavy atom. The van der Waals surface area contributed by atoms with Crippen LogP contribution in [0.5, 0.6) is 0 Å². The molecule has 0 heterocycles. The molecule has 1 amide bonds. The van der Waals surface area contributed by atoms with Gasteiger partial charge in [-0.3, -0.25) is 9.59 Å². The highest BCUT2D eigenvalue weighted by molar-refractivity contribution is 7.89. The minimum Gasteiger partial charge on any atom is -0.452 e. The van der Waals surface area contributed by atoms with Gasteiger partial charge in [-0.2, -0.15) is 9.98 Å². The zero-order chi connectivity index (χ0) is 20.6. The molecule has 2 rings (SSSR count). The highest BCUT2D eigenvalue weighted by Gasteiger charge is 2.20. The molecule has 28 heavy (non-hydrogen) atoms. The second-order valence-electron chi connectivity index (χ2n) is 5.80. The number of benzene rings is 2. The van der Waals surface area contributed by atoms with Crippen LogP contribution >= 0.6 is 0 Å². The van der Waals surface area contributed by atoms with Gasteiger partial charge in [0.05, 0.1) is 16.5 Å². The molecule has 8 nitrogen and oxygen atoms in total. The van der Waals surface area contributed by atoms with Crippen molar-refractivity contribution in [2.45, 2.75) is 24.5 Å². The van der Waals surface area contributed by atoms with Crippen molar-refractivity contribution >= 4 is 21.9 Å². The molecule has 0 unspecified atom stereocenters. The van der Waals surface area contributed by atoms with E-state index >= 15 is 0 Å². The van der Waals surface area contributed by atoms with E-state index in [1.165, 1.54) is 31.2 Å². The van der Waals surface area contributed by atoms with Gasteiger partial charge in [-0.1, -0.05) is 30.3 Å². The van der Waals surface area contributed by atoms with E-state index in [1.54, 1.807) is 0 Å². The number of hydrogen-bond donors (Lipinski definition) is 2. The minimum atomic E-state index is -3.94. The number of nitriles is 1. The number of hydrogen-bond acceptors (Lipinski definition) is 6. The first-order chi connectivity index (χ1) is 13.3. The lowest BCUT2D eigenvalue weighted by molar-refractivity contribution is -0.153. The van der Waals surface area contributed by atoms with Crippen LogP contribution < -0.4 is 10.0 Å². The number of esters is 1. The largest absolute Gasteiger partial charge is 0.452 e. The number of amides is 1. The Morgan fingerprint density at radius 1 is 1.11 bits per heavy atom. The summed E-state index contributed by atoms with van der Waals surface area (Å²) in [6.45, 7) is 1.05. The van der Waals surface area contributed by atoms with Crippen molar-refractivity contribution in [2.24, 2.45) is 0 Å². The van der Waals surface area contributed by atoms with Gasteiger partial charge in [-0.25, -0.2) is 8.42 Å². The molecular weight excluding hydrogens is 382 g/mol. The predicted molar refractivity (Wildman–Crippen MR) is 100 cm³/mol. The zero-order valence-electron chi connectivity index (χ0n) is 15.1. The Balaban J connectivity index is 1.81. The maximum atomic E-state index is 12.1. The number of rotatable bonds is 8. The van der Waals surface area contributed by atoms with Crippen LogP contribution in [0.3, 0.4) is 0 Å². The smallest absolute Gasteiger partial charge is 0.321 e. The maximum Gasteiger partial charge on any atom is 0.321 e. The van der Waals surface area contributed by atoms with Crippen molar-refractivity contribution in [2.75, 3.05) is 6.54 Å². The number of ether oxygens (including phenoxy) is 1. The van der Waals surface area contributed by atoms with Gasteiger partial charge in [0.15, 0.2) is 6.10 Å². The number of nitrogens with one attached hydrogen (secondary N) is 2. The van der Waals surface area contributed by atoms with Crippen LogP contribution in [0.15, 0.2) is 59.5 Å². The normalized spacial score (nSPS) is 11.9. The summed E-state index contributed by atoms with van der Waals surface area (Å²) in [6, 6.07) is 16.3. The third kappa shape index (κ3) is 6.19. The molecule has 146 valence electrons. The van der Waals surface area contributed by atoms with E-state index in [-0.39, 0.29) is 11.4 Å². The number of nitrogens with zero attached hydrogens (tertiary/aromatic N) is 1. The van der Waals surface area contributed by atoms with Gasteiger partial charge in [0, 0.05) is 6.54 Å². The van der Waals surface area contributed by atoms with Gasteiger partial charge in [0.25, 0.3) is 5.91 Å². The highest BCUT2D eigenvalue weighted by atomic mass is 32.2. The van der Waals surface area contributed by atoms with Crippen LogP contribution in [0.2, 0.25) is 0 Å². The van der Waals surface area contributed by atoms with Crippen LogP contribution in [0.1, 0.15) is 18.1 Å². The van der Waals surface area contributed by atoms with E-state index in [0.717, 1.165) is 5.56 Å². The predicted octanol–water partition coefficient (Wildman–Crippen LogP) is 1.08. The first-order valence-corrected chi connectivity index (χ1v) is 9.81. The van der Waals surface area contributed by atoms with Crippen LogP contribution in [-0.4, -0.2) is 32.9 Å². The molecule has 1 atom stereocenters. The quantitative estimate of drug-likeness (QED) is 0.638. The van der Waals surface area contributed by atoms with E-state index in [0.29, 0.717) is 5.56 Å². The average Bonchev–Trinajstić information content (AvgIpc) is 2.71. The summed E-state index contributed by atoms with van der Waals surface area (Å²) < 4.78 is 31.3. The van der Waals surface area contributed by atoms with E-state index < -0.39 is 34.5 Å². The van der Waals surface area contributed by atoms with Gasteiger partial charge in [-0.05, 0) is 36.8 Å². The lowest BCUT2D eigenvalue weighted by Crippen LogP contribution is -2.38. The fraction of sp³-hybridized carbons (Fsp3) is 0.211. The second kappa shape index (κ2) is 9.64. The van der Waals surface area contributed by atoms with Crippen molar-refractivity contribution in [1.29, 1.82) is 5.26 Å². The number of carbonyl (C=O) groups is 2. The van der Waals surface area contributed by atoms with Crippen LogP contribution in [0.4, 0.5) is 0 Å². The summed E-state index contributed by atoms with van der Waals surface area (Å²) in [4.78, 5) is 23.7. The van der Waals surface area contributed by atoms with Gasteiger partial charge in [0.1, 0.15) is 6.54 Å². The van der Waals surface area contributed by atoms with Crippen molar-refractivity contribution < 1.29 is 22.7 Å². The molecule has 0 aliphatic rings. The molecule has 0 fully saturated rings. The summed E-state index contributed by atoms with van der Waals surface area (Å²) in [5, 5.41) is 11.4. The Kier molecular flexibility index (Phi) is 7.26. The lowest BCUT2D eigenvalue weighted by Gasteiger charge is -2.14. The van der Waals surface area contributed by atoms with Crippen molar-refractivity contribution in [1.82, 2.24) is 10.0 Å². The highest BCUT2D eigenvalue weighted by Crippen LogP contribution is 2.09. The fourth-order valence-electron chi connectivity index (χ4n) is 2.17. The Labute approximate surface area is 163 Å². The molecule has 0 spiro atoms. The summed E-state index contributed by atoms with van der Waals surface area (Å²) in [7, 11) is -3.94. The second-order valence-corrected chi connectivity index (χ2v) is 7.56. The molecular formula is C19H19N3O5S. The summed E-state index contributed by atoms with van der Waals surface area (Å²) in [5.74, 6) is -1.38. The number of carbonyl (C=O) groups excluding carboxylic acids is 2. The van der Waals surface area contributed by atoms with Crippen molar-refractivity contribution in [3.8, 4) is 6.07 Å². The third-order valence-electron chi connectivity index (χ3n) is 3.69. The molecule has 2 aromatic carbocycles. The van der Waals surface area contributed by atoms with E-state index in [1.807, 2.05) is 36.4 Å². The lowest BCUT2D eigenvalue weighted by atomic mass is 10.2. The first kappa shape index (κ1) is 21.1. The van der Waals surface area contributed by atoms with E-state index in [4.69, 9.17) is 10.00 Å². The minimum absolute atomic E-state index is 0.0899. The SMILES string of the molecule is C[C@H](OC(=O)CNS(=O)(=O)c1ccc(C#N)cc1)C(=O)NCc1ccccc1. The van der Waals surface area contributed by atoms with Gasteiger partial charge < -0.3 is 10.1 Å². The van der Waals surface area contributed by atoms with Crippen molar-refractivity contribution in [3.05, 3.63) is 65.7 Å². The van der Waals surface area contributed by atoms with Gasteiger partial charge >= 0.3 is 5.97 Å². The summed E-state index contributed by atoms with van der Waals surface area (Å²) >= 11 is 0. The molecule has 0 saturated carbocycles. The van der Waals surface area contributed by atoms with E-state index in [9.17, 15) is 18.0 Å². The molecule has 2 aromatic rings. The average molecular weight is 401 g/mol. The summed E-state index contributed by atoms with van der Waals surface area (Å²) in [5.41, 5.74) is 1.21. The maximum absolute atomic E-state index is 12.1. The first-order valence-electron chi connectivity index (χ1n) is 8.33. The van der Waals surface area contributed by atoms with Gasteiger partial charge in [-0.15, -0.1) is 0 Å². The Morgan fingerprint density at radius 3 is 2.36 bits per heavy atom. The summed E-state index contributed by atoms with van der Waals surface area (Å²) in [6.07, 6.45) is -1.07. The van der Waals surface area contributed by atoms with Gasteiger partial charge in [0.2, 0.25) is 10.0 Å². The monoisotopic (exact) mass is 401 g/mol. The molecule has 0 saturated heterocycles. The molecule has 0 aliphatic heterocycles. The molecule has 0 aliphatic carbocycles. The molecule has 0 radical (unpaired) electrons. The van der Waals surface area contributed by atoms with Crippen LogP contribution in [0, 0.1) is 11.3 Å². The van der Waals surface area contributed by atoms with E-state index in [2.05, 4.69) is 10.0 Å². The molecule has 9 heteroatoms. The Hall–Kier alpha value is -3.22. The molecule has 0 aromatic heterocycles. The van der Waals surface area contributed by atoms with Crippen LogP contribution in [-0.2, 0) is 30.9 Å². The van der Waals surface area contributed by atoms with Crippen LogP contribution in [0.25, 0.3) is 0 Å². The Bertz CT molecular complexity index is 967. The standard InChI is InChI=1S/C19H19N3O5S/c1-14(19(24)21-12-16-5-3-2-4-6-16)27-18(23)13-22-28(25,26)17-9-7-15(11-20)8-10-17/h2-10,14,22H,12-13H2,1H3,(H,21,24)/t14-/m0/s1.